The van der Waals surface area contributed by atoms with Gasteiger partial charge in [-0.2, -0.15) is 8.42 Å². The molecule has 0 saturated heterocycles. The molecule has 108 valence electrons. The molecule has 0 unspecified atom stereocenters. The highest BCUT2D eigenvalue weighted by atomic mass is 32.2. The molecule has 0 aromatic heterocycles. The molecule has 0 bridgehead atoms. The maximum atomic E-state index is 10.5. The van der Waals surface area contributed by atoms with Gasteiger partial charge in [-0.1, -0.05) is 0 Å². The smallest absolute Gasteiger partial charge is 0.264 e. The summed E-state index contributed by atoms with van der Waals surface area (Å²) in [6.07, 6.45) is 4.73. The van der Waals surface area contributed by atoms with Crippen LogP contribution in [0.4, 0.5) is 0 Å². The Labute approximate surface area is 108 Å². The van der Waals surface area contributed by atoms with E-state index in [1.165, 1.54) is 0 Å². The van der Waals surface area contributed by atoms with Crippen LogP contribution in [0.15, 0.2) is 0 Å². The summed E-state index contributed by atoms with van der Waals surface area (Å²) in [5.74, 6) is 0. The van der Waals surface area contributed by atoms with Gasteiger partial charge in [-0.15, -0.1) is 0 Å². The van der Waals surface area contributed by atoms with Crippen LogP contribution in [0.5, 0.6) is 0 Å². The minimum Gasteiger partial charge on any atom is -0.396 e. The van der Waals surface area contributed by atoms with E-state index in [1.54, 1.807) is 0 Å². The molecule has 2 aliphatic carbocycles. The lowest BCUT2D eigenvalue weighted by Crippen LogP contribution is -2.17. The second-order valence-corrected chi connectivity index (χ2v) is 7.08. The molecule has 2 rings (SSSR count). The van der Waals surface area contributed by atoms with Gasteiger partial charge >= 0.3 is 0 Å². The molecule has 0 spiro atoms. The van der Waals surface area contributed by atoms with Gasteiger partial charge in [0.05, 0.1) is 32.7 Å². The Morgan fingerprint density at radius 1 is 0.944 bits per heavy atom. The lowest BCUT2D eigenvalue weighted by Gasteiger charge is -2.09. The molecular formula is C11H22O6S. The molecule has 18 heavy (non-hydrogen) atoms. The van der Waals surface area contributed by atoms with Gasteiger partial charge in [-0.05, 0) is 25.7 Å². The molecule has 0 heterocycles. The Morgan fingerprint density at radius 2 is 1.33 bits per heavy atom. The lowest BCUT2D eigenvalue weighted by atomic mass is 10.1. The normalized spacial score (nSPS) is 22.9. The predicted octanol–water partition coefficient (Wildman–Crippen LogP) is -0.514. The third kappa shape index (κ3) is 5.19. The first-order chi connectivity index (χ1) is 8.30. The fraction of sp³-hybridized carbons (Fsp3) is 1.00. The zero-order valence-electron chi connectivity index (χ0n) is 10.6. The fourth-order valence-corrected chi connectivity index (χ4v) is 1.76. The second kappa shape index (κ2) is 5.83. The van der Waals surface area contributed by atoms with Gasteiger partial charge < -0.3 is 15.3 Å². The Kier molecular flexibility index (Phi) is 5.13. The van der Waals surface area contributed by atoms with E-state index in [-0.39, 0.29) is 37.3 Å². The number of aliphatic hydroxyl groups is 3. The summed E-state index contributed by atoms with van der Waals surface area (Å²) in [5, 5.41) is 25.8. The summed E-state index contributed by atoms with van der Waals surface area (Å²) in [6, 6.07) is 0. The Balaban J connectivity index is 0.000000199. The van der Waals surface area contributed by atoms with Crippen LogP contribution in [-0.4, -0.2) is 56.4 Å². The van der Waals surface area contributed by atoms with Gasteiger partial charge in [0.2, 0.25) is 0 Å². The van der Waals surface area contributed by atoms with Crippen molar-refractivity contribution in [1.82, 2.24) is 0 Å². The maximum absolute atomic E-state index is 10.5. The monoisotopic (exact) mass is 282 g/mol. The molecule has 3 N–H and O–H groups in total. The highest BCUT2D eigenvalue weighted by Gasteiger charge is 2.43. The summed E-state index contributed by atoms with van der Waals surface area (Å²) in [4.78, 5) is 0. The number of hydrogen-bond acceptors (Lipinski definition) is 6. The summed E-state index contributed by atoms with van der Waals surface area (Å²) in [7, 11) is -3.34. The third-order valence-corrected chi connectivity index (χ3v) is 4.05. The average Bonchev–Trinajstić information content (AvgIpc) is 3.22. The van der Waals surface area contributed by atoms with E-state index in [2.05, 4.69) is 4.18 Å². The molecule has 0 atom stereocenters. The van der Waals surface area contributed by atoms with E-state index in [4.69, 9.17) is 15.3 Å². The van der Waals surface area contributed by atoms with Crippen molar-refractivity contribution in [2.75, 3.05) is 32.7 Å². The maximum Gasteiger partial charge on any atom is 0.264 e. The van der Waals surface area contributed by atoms with Crippen LogP contribution < -0.4 is 0 Å². The van der Waals surface area contributed by atoms with Crippen LogP contribution in [-0.2, 0) is 14.3 Å². The molecule has 2 aliphatic rings. The van der Waals surface area contributed by atoms with Crippen molar-refractivity contribution in [2.45, 2.75) is 25.7 Å². The SMILES string of the molecule is CS(=O)(=O)OCC1(CO)CC1.OCC1(CO)CC1. The predicted molar refractivity (Wildman–Crippen MR) is 65.4 cm³/mol. The van der Waals surface area contributed by atoms with E-state index in [0.29, 0.717) is 0 Å². The van der Waals surface area contributed by atoms with Gasteiger partial charge in [0.15, 0.2) is 0 Å². The number of hydrogen-bond donors (Lipinski definition) is 3. The summed E-state index contributed by atoms with van der Waals surface area (Å²) < 4.78 is 25.6. The second-order valence-electron chi connectivity index (χ2n) is 5.44. The van der Waals surface area contributed by atoms with Crippen molar-refractivity contribution in [3.63, 3.8) is 0 Å². The van der Waals surface area contributed by atoms with Crippen molar-refractivity contribution in [2.24, 2.45) is 10.8 Å². The van der Waals surface area contributed by atoms with Gasteiger partial charge in [0.25, 0.3) is 10.1 Å². The van der Waals surface area contributed by atoms with Crippen LogP contribution in [0.2, 0.25) is 0 Å². The van der Waals surface area contributed by atoms with E-state index >= 15 is 0 Å². The van der Waals surface area contributed by atoms with E-state index in [9.17, 15) is 8.42 Å². The molecule has 0 radical (unpaired) electrons. The molecule has 0 aliphatic heterocycles. The molecule has 2 saturated carbocycles. The molecule has 0 amide bonds. The van der Waals surface area contributed by atoms with E-state index in [1.807, 2.05) is 0 Å². The standard InChI is InChI=1S/C6H12O4S.C5H10O2/c1-11(8,9)10-5-6(4-7)2-3-6;6-3-5(4-7)1-2-5/h7H,2-5H2,1H3;6-7H,1-4H2. The first kappa shape index (κ1) is 15.8. The van der Waals surface area contributed by atoms with Crippen molar-refractivity contribution in [3.8, 4) is 0 Å². The molecular weight excluding hydrogens is 260 g/mol. The summed E-state index contributed by atoms with van der Waals surface area (Å²) >= 11 is 0. The minimum absolute atomic E-state index is 0.0164. The van der Waals surface area contributed by atoms with Crippen LogP contribution in [0.1, 0.15) is 25.7 Å². The lowest BCUT2D eigenvalue weighted by molar-refractivity contribution is 0.134. The number of aliphatic hydroxyl groups excluding tert-OH is 3. The third-order valence-electron chi connectivity index (χ3n) is 3.50. The highest BCUT2D eigenvalue weighted by molar-refractivity contribution is 7.85. The van der Waals surface area contributed by atoms with Crippen LogP contribution in [0.25, 0.3) is 0 Å². The summed E-state index contributed by atoms with van der Waals surface area (Å²) in [6.45, 7) is 0.456. The van der Waals surface area contributed by atoms with Gasteiger partial charge in [0, 0.05) is 10.8 Å². The Morgan fingerprint density at radius 3 is 1.50 bits per heavy atom. The summed E-state index contributed by atoms with van der Waals surface area (Å²) in [5.41, 5.74) is -0.302. The van der Waals surface area contributed by atoms with Gasteiger partial charge in [0.1, 0.15) is 0 Å². The van der Waals surface area contributed by atoms with Crippen LogP contribution in [0.3, 0.4) is 0 Å². The quantitative estimate of drug-likeness (QED) is 0.567. The van der Waals surface area contributed by atoms with Crippen molar-refractivity contribution in [1.29, 1.82) is 0 Å². The largest absolute Gasteiger partial charge is 0.396 e. The van der Waals surface area contributed by atoms with E-state index < -0.39 is 10.1 Å². The Hall–Kier alpha value is -0.210. The zero-order chi connectivity index (χ0) is 13.9. The minimum atomic E-state index is -3.34. The fourth-order valence-electron chi connectivity index (χ4n) is 1.30. The molecule has 0 aromatic carbocycles. The molecule has 0 aromatic rings. The van der Waals surface area contributed by atoms with Crippen molar-refractivity contribution < 1.29 is 27.9 Å². The highest BCUT2D eigenvalue weighted by Crippen LogP contribution is 2.45. The average molecular weight is 282 g/mol. The van der Waals surface area contributed by atoms with Gasteiger partial charge in [-0.3, -0.25) is 4.18 Å². The molecule has 6 nitrogen and oxygen atoms in total. The topological polar surface area (TPSA) is 104 Å². The van der Waals surface area contributed by atoms with Crippen LogP contribution >= 0.6 is 0 Å². The molecule has 2 fully saturated rings. The first-order valence-electron chi connectivity index (χ1n) is 5.97. The zero-order valence-corrected chi connectivity index (χ0v) is 11.4. The van der Waals surface area contributed by atoms with E-state index in [0.717, 1.165) is 31.9 Å². The van der Waals surface area contributed by atoms with Gasteiger partial charge in [-0.25, -0.2) is 0 Å². The van der Waals surface area contributed by atoms with Crippen molar-refractivity contribution in [3.05, 3.63) is 0 Å². The van der Waals surface area contributed by atoms with Crippen molar-refractivity contribution >= 4 is 10.1 Å². The first-order valence-corrected chi connectivity index (χ1v) is 7.79. The number of rotatable bonds is 6. The Bertz CT molecular complexity index is 350. The molecule has 7 heteroatoms. The van der Waals surface area contributed by atoms with Crippen LogP contribution in [0, 0.1) is 10.8 Å².